The van der Waals surface area contributed by atoms with Gasteiger partial charge in [0.25, 0.3) is 0 Å². The molecule has 0 heterocycles. The highest BCUT2D eigenvalue weighted by molar-refractivity contribution is 7.61. The maximum atomic E-state index is 12.4. The lowest BCUT2D eigenvalue weighted by Gasteiger charge is -2.05. The molecule has 0 saturated carbocycles. The first-order valence-corrected chi connectivity index (χ1v) is 7.20. The number of nitriles is 2. The summed E-state index contributed by atoms with van der Waals surface area (Å²) in [4.78, 5) is 0. The molecule has 0 aliphatic heterocycles. The molecular formula is C14H11N4OP. The Morgan fingerprint density at radius 3 is 1.40 bits per heavy atom. The molecule has 0 fully saturated rings. The second-order valence-corrected chi connectivity index (χ2v) is 5.77. The van der Waals surface area contributed by atoms with Crippen LogP contribution in [-0.4, -0.2) is 0 Å². The van der Waals surface area contributed by atoms with E-state index in [1.54, 1.807) is 48.5 Å². The van der Waals surface area contributed by atoms with E-state index >= 15 is 0 Å². The van der Waals surface area contributed by atoms with Gasteiger partial charge in [0.05, 0.1) is 0 Å². The Morgan fingerprint density at radius 2 is 1.10 bits per heavy atom. The second-order valence-electron chi connectivity index (χ2n) is 3.96. The van der Waals surface area contributed by atoms with Crippen molar-refractivity contribution in [3.8, 4) is 12.4 Å². The molecule has 0 aliphatic carbocycles. The normalized spacial score (nSPS) is 9.55. The highest BCUT2D eigenvalue weighted by atomic mass is 31.1. The van der Waals surface area contributed by atoms with Gasteiger partial charge in [-0.05, 0) is 48.5 Å². The highest BCUT2D eigenvalue weighted by Gasteiger charge is 2.06. The summed E-state index contributed by atoms with van der Waals surface area (Å²) >= 11 is 0. The summed E-state index contributed by atoms with van der Waals surface area (Å²) in [5.74, 6) is 0. The van der Waals surface area contributed by atoms with Crippen LogP contribution in [0.15, 0.2) is 48.5 Å². The number of nitrogens with one attached hydrogen (secondary N) is 2. The van der Waals surface area contributed by atoms with Gasteiger partial charge in [-0.25, -0.2) is 0 Å². The maximum absolute atomic E-state index is 12.4. The van der Waals surface area contributed by atoms with Crippen molar-refractivity contribution in [2.75, 3.05) is 10.6 Å². The monoisotopic (exact) mass is 282 g/mol. The van der Waals surface area contributed by atoms with Crippen LogP contribution in [-0.2, 0) is 4.57 Å². The molecule has 6 heteroatoms. The van der Waals surface area contributed by atoms with E-state index in [0.29, 0.717) is 11.4 Å². The van der Waals surface area contributed by atoms with Crippen molar-refractivity contribution in [1.82, 2.24) is 0 Å². The van der Waals surface area contributed by atoms with Gasteiger partial charge in [-0.2, -0.15) is 10.5 Å². The molecule has 5 nitrogen and oxygen atoms in total. The number of anilines is 2. The summed E-state index contributed by atoms with van der Waals surface area (Å²) in [6, 6.07) is 13.8. The SMILES string of the molecule is N#CNc1ccc([PH](=O)c2ccc(NC#N)cc2)cc1. The fourth-order valence-corrected chi connectivity index (χ4v) is 2.98. The van der Waals surface area contributed by atoms with E-state index in [4.69, 9.17) is 10.5 Å². The summed E-state index contributed by atoms with van der Waals surface area (Å²) in [5.41, 5.74) is 1.33. The maximum Gasteiger partial charge on any atom is 0.181 e. The molecule has 0 atom stereocenters. The summed E-state index contributed by atoms with van der Waals surface area (Å²) in [7, 11) is -2.08. The molecule has 0 spiro atoms. The zero-order chi connectivity index (χ0) is 14.4. The van der Waals surface area contributed by atoms with Crippen LogP contribution < -0.4 is 21.2 Å². The molecule has 20 heavy (non-hydrogen) atoms. The number of hydrogen-bond acceptors (Lipinski definition) is 5. The molecule has 2 rings (SSSR count). The smallest absolute Gasteiger partial charge is 0.181 e. The number of benzene rings is 2. The van der Waals surface area contributed by atoms with E-state index in [0.717, 1.165) is 10.6 Å². The first kappa shape index (κ1) is 13.7. The van der Waals surface area contributed by atoms with Gasteiger partial charge in [-0.3, -0.25) is 10.6 Å². The van der Waals surface area contributed by atoms with Crippen molar-refractivity contribution in [3.63, 3.8) is 0 Å². The van der Waals surface area contributed by atoms with E-state index in [-0.39, 0.29) is 0 Å². The average Bonchev–Trinajstić information content (AvgIpc) is 2.49. The van der Waals surface area contributed by atoms with Crippen molar-refractivity contribution >= 4 is 29.8 Å². The molecular weight excluding hydrogens is 271 g/mol. The first-order valence-electron chi connectivity index (χ1n) is 5.79. The van der Waals surface area contributed by atoms with Gasteiger partial charge in [-0.1, -0.05) is 0 Å². The molecule has 0 radical (unpaired) electrons. The van der Waals surface area contributed by atoms with E-state index in [1.807, 2.05) is 12.4 Å². The zero-order valence-electron chi connectivity index (χ0n) is 10.4. The fourth-order valence-electron chi connectivity index (χ4n) is 1.71. The van der Waals surface area contributed by atoms with Gasteiger partial charge in [0.15, 0.2) is 12.4 Å². The molecule has 2 aromatic rings. The third-order valence-electron chi connectivity index (χ3n) is 2.69. The highest BCUT2D eigenvalue weighted by Crippen LogP contribution is 2.21. The minimum Gasteiger partial charge on any atom is -0.317 e. The van der Waals surface area contributed by atoms with Crippen LogP contribution in [0.25, 0.3) is 0 Å². The molecule has 0 aliphatic rings. The third-order valence-corrected chi connectivity index (χ3v) is 4.41. The lowest BCUT2D eigenvalue weighted by atomic mass is 10.3. The van der Waals surface area contributed by atoms with Crippen molar-refractivity contribution in [2.45, 2.75) is 0 Å². The van der Waals surface area contributed by atoms with Crippen LogP contribution in [0.2, 0.25) is 0 Å². The minimum atomic E-state index is -2.08. The minimum absolute atomic E-state index is 0.666. The Morgan fingerprint density at radius 1 is 0.750 bits per heavy atom. The Balaban J connectivity index is 2.18. The van der Waals surface area contributed by atoms with Gasteiger partial charge >= 0.3 is 0 Å². The quantitative estimate of drug-likeness (QED) is 0.508. The van der Waals surface area contributed by atoms with Crippen molar-refractivity contribution < 1.29 is 4.57 Å². The van der Waals surface area contributed by atoms with Crippen LogP contribution in [0.3, 0.4) is 0 Å². The largest absolute Gasteiger partial charge is 0.317 e. The number of rotatable bonds is 4. The molecule has 0 amide bonds. The second kappa shape index (κ2) is 6.43. The molecule has 0 aromatic heterocycles. The molecule has 0 saturated heterocycles. The lowest BCUT2D eigenvalue weighted by molar-refractivity contribution is 0.598. The molecule has 0 unspecified atom stereocenters. The van der Waals surface area contributed by atoms with E-state index in [1.165, 1.54) is 0 Å². The summed E-state index contributed by atoms with van der Waals surface area (Å²) < 4.78 is 12.4. The Bertz CT molecular complexity index is 634. The van der Waals surface area contributed by atoms with E-state index in [2.05, 4.69) is 10.6 Å². The van der Waals surface area contributed by atoms with Crippen LogP contribution in [0.5, 0.6) is 0 Å². The van der Waals surface area contributed by atoms with Crippen LogP contribution in [0.1, 0.15) is 0 Å². The Hall–Kier alpha value is -2.75. The van der Waals surface area contributed by atoms with Gasteiger partial charge in [0, 0.05) is 22.0 Å². The van der Waals surface area contributed by atoms with Crippen LogP contribution in [0, 0.1) is 22.9 Å². The zero-order valence-corrected chi connectivity index (χ0v) is 11.4. The molecule has 98 valence electrons. The third kappa shape index (κ3) is 3.17. The molecule has 2 aromatic carbocycles. The molecule has 2 N–H and O–H groups in total. The lowest BCUT2D eigenvalue weighted by Crippen LogP contribution is -2.06. The van der Waals surface area contributed by atoms with Gasteiger partial charge in [-0.15, -0.1) is 0 Å². The summed E-state index contributed by atoms with van der Waals surface area (Å²) in [6.45, 7) is 0. The van der Waals surface area contributed by atoms with Gasteiger partial charge < -0.3 is 4.57 Å². The summed E-state index contributed by atoms with van der Waals surface area (Å²) in [6.07, 6.45) is 3.66. The summed E-state index contributed by atoms with van der Waals surface area (Å²) in [5, 5.41) is 23.5. The topological polar surface area (TPSA) is 88.7 Å². The Kier molecular flexibility index (Phi) is 4.39. The van der Waals surface area contributed by atoms with Gasteiger partial charge in [0.1, 0.15) is 7.80 Å². The predicted molar refractivity (Wildman–Crippen MR) is 79.6 cm³/mol. The Labute approximate surface area is 117 Å². The fraction of sp³-hybridized carbons (Fsp3) is 0. The standard InChI is InChI=1S/C14H11N4OP/c15-9-17-11-1-5-13(6-2-11)20(19)14-7-3-12(4-8-14)18-10-16/h1-8,17-18,20H. The molecule has 0 bridgehead atoms. The van der Waals surface area contributed by atoms with Crippen molar-refractivity contribution in [3.05, 3.63) is 48.5 Å². The average molecular weight is 282 g/mol. The van der Waals surface area contributed by atoms with Crippen LogP contribution >= 0.6 is 7.80 Å². The predicted octanol–water partition coefficient (Wildman–Crippen LogP) is 1.98. The van der Waals surface area contributed by atoms with E-state index < -0.39 is 7.80 Å². The number of nitrogens with zero attached hydrogens (tertiary/aromatic N) is 2. The van der Waals surface area contributed by atoms with Crippen molar-refractivity contribution in [1.29, 1.82) is 10.5 Å². The number of hydrogen-bond donors (Lipinski definition) is 2. The first-order chi connectivity index (χ1) is 9.74. The van der Waals surface area contributed by atoms with Crippen molar-refractivity contribution in [2.24, 2.45) is 0 Å². The van der Waals surface area contributed by atoms with Gasteiger partial charge in [0.2, 0.25) is 0 Å². The van der Waals surface area contributed by atoms with Crippen LogP contribution in [0.4, 0.5) is 11.4 Å². The van der Waals surface area contributed by atoms with E-state index in [9.17, 15) is 4.57 Å².